The third-order valence-corrected chi connectivity index (χ3v) is 5.09. The van der Waals surface area contributed by atoms with Crippen LogP contribution in [0.3, 0.4) is 0 Å². The molecule has 0 aromatic heterocycles. The number of anilines is 1. The molecule has 6 heteroatoms. The molecule has 0 radical (unpaired) electrons. The molecule has 0 saturated carbocycles. The molecule has 0 bridgehead atoms. The normalized spacial score (nSPS) is 16.1. The van der Waals surface area contributed by atoms with Gasteiger partial charge >= 0.3 is 5.97 Å². The third kappa shape index (κ3) is 4.88. The Morgan fingerprint density at radius 2 is 2.07 bits per heavy atom. The summed E-state index contributed by atoms with van der Waals surface area (Å²) in [5.41, 5.74) is 3.05. The fourth-order valence-corrected chi connectivity index (χ4v) is 3.54. The van der Waals surface area contributed by atoms with Crippen LogP contribution in [0.1, 0.15) is 27.9 Å². The van der Waals surface area contributed by atoms with Crippen molar-refractivity contribution in [1.29, 1.82) is 0 Å². The predicted octanol–water partition coefficient (Wildman–Crippen LogP) is 3.42. The molecule has 1 N–H and O–H groups in total. The number of methoxy groups -OCH3 is 1. The summed E-state index contributed by atoms with van der Waals surface area (Å²) >= 11 is 0. The second kappa shape index (κ2) is 8.87. The smallest absolute Gasteiger partial charge is 0.325 e. The van der Waals surface area contributed by atoms with Crippen LogP contribution in [-0.2, 0) is 16.0 Å². The van der Waals surface area contributed by atoms with E-state index in [1.165, 1.54) is 13.2 Å². The summed E-state index contributed by atoms with van der Waals surface area (Å²) in [6.45, 7) is 3.22. The first-order valence-corrected chi connectivity index (χ1v) is 9.41. The van der Waals surface area contributed by atoms with Crippen LogP contribution in [0.25, 0.3) is 0 Å². The van der Waals surface area contributed by atoms with Crippen LogP contribution in [0, 0.1) is 18.7 Å². The summed E-state index contributed by atoms with van der Waals surface area (Å²) < 4.78 is 18.0. The topological polar surface area (TPSA) is 58.6 Å². The second-order valence-corrected chi connectivity index (χ2v) is 7.20. The number of likely N-dealkylation sites (tertiary alicyclic amines) is 1. The van der Waals surface area contributed by atoms with Gasteiger partial charge in [0.15, 0.2) is 0 Å². The number of rotatable bonds is 6. The molecule has 1 aliphatic rings. The van der Waals surface area contributed by atoms with Crippen LogP contribution in [0.2, 0.25) is 0 Å². The Kier molecular flexibility index (Phi) is 6.29. The van der Waals surface area contributed by atoms with Crippen molar-refractivity contribution in [2.75, 3.05) is 32.1 Å². The SMILES string of the molecule is COC(=O)CNc1cccc(C(=O)N2CCC(Cc3ccc(F)c(C)c3)C2)c1. The minimum atomic E-state index is -0.366. The van der Waals surface area contributed by atoms with E-state index in [-0.39, 0.29) is 24.2 Å². The van der Waals surface area contributed by atoms with Gasteiger partial charge in [-0.15, -0.1) is 0 Å². The molecule has 1 atom stereocenters. The highest BCUT2D eigenvalue weighted by molar-refractivity contribution is 5.95. The number of carbonyl (C=O) groups is 2. The molecule has 1 aliphatic heterocycles. The van der Waals surface area contributed by atoms with Crippen molar-refractivity contribution >= 4 is 17.6 Å². The average molecular weight is 384 g/mol. The second-order valence-electron chi connectivity index (χ2n) is 7.20. The molecule has 5 nitrogen and oxygen atoms in total. The van der Waals surface area contributed by atoms with Gasteiger partial charge < -0.3 is 15.0 Å². The first-order valence-electron chi connectivity index (χ1n) is 9.41. The third-order valence-electron chi connectivity index (χ3n) is 5.09. The number of hydrogen-bond acceptors (Lipinski definition) is 4. The zero-order chi connectivity index (χ0) is 20.1. The lowest BCUT2D eigenvalue weighted by molar-refractivity contribution is -0.138. The van der Waals surface area contributed by atoms with E-state index in [1.807, 2.05) is 23.1 Å². The summed E-state index contributed by atoms with van der Waals surface area (Å²) in [6, 6.07) is 12.4. The Hall–Kier alpha value is -2.89. The molecule has 1 unspecified atom stereocenters. The number of carbonyl (C=O) groups excluding carboxylic acids is 2. The molecule has 2 aromatic rings. The summed E-state index contributed by atoms with van der Waals surface area (Å²) in [5.74, 6) is -0.197. The average Bonchev–Trinajstić information content (AvgIpc) is 3.17. The van der Waals surface area contributed by atoms with E-state index in [0.29, 0.717) is 35.8 Å². The van der Waals surface area contributed by atoms with Gasteiger partial charge in [0.25, 0.3) is 5.91 Å². The maximum Gasteiger partial charge on any atom is 0.325 e. The number of esters is 1. The lowest BCUT2D eigenvalue weighted by atomic mass is 9.97. The molecule has 2 aromatic carbocycles. The molecule has 1 saturated heterocycles. The Balaban J connectivity index is 1.59. The number of nitrogens with one attached hydrogen (secondary N) is 1. The van der Waals surface area contributed by atoms with Gasteiger partial charge in [0.1, 0.15) is 12.4 Å². The number of hydrogen-bond donors (Lipinski definition) is 1. The zero-order valence-electron chi connectivity index (χ0n) is 16.2. The van der Waals surface area contributed by atoms with Crippen molar-refractivity contribution < 1.29 is 18.7 Å². The monoisotopic (exact) mass is 384 g/mol. The molecule has 1 fully saturated rings. The van der Waals surface area contributed by atoms with Crippen LogP contribution < -0.4 is 5.32 Å². The highest BCUT2D eigenvalue weighted by Crippen LogP contribution is 2.24. The Labute approximate surface area is 164 Å². The van der Waals surface area contributed by atoms with Crippen molar-refractivity contribution in [2.45, 2.75) is 19.8 Å². The standard InChI is InChI=1S/C22H25FN2O3/c1-15-10-16(6-7-20(15)23)11-17-8-9-25(14-17)22(27)18-4-3-5-19(12-18)24-13-21(26)28-2/h3-7,10,12,17,24H,8-9,11,13-14H2,1-2H3. The maximum atomic E-state index is 13.4. The first-order chi connectivity index (χ1) is 13.5. The number of aryl methyl sites for hydroxylation is 1. The summed E-state index contributed by atoms with van der Waals surface area (Å²) in [7, 11) is 1.33. The highest BCUT2D eigenvalue weighted by atomic mass is 19.1. The fraction of sp³-hybridized carbons (Fsp3) is 0.364. The van der Waals surface area contributed by atoms with E-state index in [2.05, 4.69) is 10.1 Å². The van der Waals surface area contributed by atoms with Crippen molar-refractivity contribution in [3.05, 3.63) is 65.0 Å². The van der Waals surface area contributed by atoms with E-state index in [4.69, 9.17) is 0 Å². The van der Waals surface area contributed by atoms with Crippen molar-refractivity contribution in [2.24, 2.45) is 5.92 Å². The van der Waals surface area contributed by atoms with E-state index < -0.39 is 0 Å². The Bertz CT molecular complexity index is 869. The number of ether oxygens (including phenoxy) is 1. The van der Waals surface area contributed by atoms with Gasteiger partial charge in [0.2, 0.25) is 0 Å². The molecule has 1 amide bonds. The Morgan fingerprint density at radius 3 is 2.82 bits per heavy atom. The lowest BCUT2D eigenvalue weighted by Gasteiger charge is -2.17. The van der Waals surface area contributed by atoms with Gasteiger partial charge in [-0.2, -0.15) is 0 Å². The predicted molar refractivity (Wildman–Crippen MR) is 106 cm³/mol. The van der Waals surface area contributed by atoms with Crippen LogP contribution in [0.5, 0.6) is 0 Å². The maximum absolute atomic E-state index is 13.4. The van der Waals surface area contributed by atoms with Gasteiger partial charge in [-0.25, -0.2) is 4.39 Å². The van der Waals surface area contributed by atoms with Crippen LogP contribution in [0.15, 0.2) is 42.5 Å². The highest BCUT2D eigenvalue weighted by Gasteiger charge is 2.27. The summed E-state index contributed by atoms with van der Waals surface area (Å²) in [5, 5.41) is 2.96. The number of halogens is 1. The van der Waals surface area contributed by atoms with Gasteiger partial charge in [-0.05, 0) is 61.1 Å². The lowest BCUT2D eigenvalue weighted by Crippen LogP contribution is -2.29. The molecular weight excluding hydrogens is 359 g/mol. The van der Waals surface area contributed by atoms with Gasteiger partial charge in [-0.3, -0.25) is 9.59 Å². The Morgan fingerprint density at radius 1 is 1.25 bits per heavy atom. The first kappa shape index (κ1) is 19.9. The van der Waals surface area contributed by atoms with E-state index >= 15 is 0 Å². The van der Waals surface area contributed by atoms with Crippen molar-refractivity contribution in [3.8, 4) is 0 Å². The molecule has 0 aliphatic carbocycles. The molecule has 148 valence electrons. The van der Waals surface area contributed by atoms with Gasteiger partial charge in [0.05, 0.1) is 7.11 Å². The number of nitrogens with zero attached hydrogens (tertiary/aromatic N) is 1. The van der Waals surface area contributed by atoms with E-state index in [9.17, 15) is 14.0 Å². The minimum Gasteiger partial charge on any atom is -0.468 e. The van der Waals surface area contributed by atoms with Crippen LogP contribution in [-0.4, -0.2) is 43.5 Å². The van der Waals surface area contributed by atoms with E-state index in [0.717, 1.165) is 18.4 Å². The zero-order valence-corrected chi connectivity index (χ0v) is 16.2. The van der Waals surface area contributed by atoms with Crippen molar-refractivity contribution in [3.63, 3.8) is 0 Å². The molecule has 1 heterocycles. The molecular formula is C22H25FN2O3. The largest absolute Gasteiger partial charge is 0.468 e. The molecule has 3 rings (SSSR count). The summed E-state index contributed by atoms with van der Waals surface area (Å²) in [6.07, 6.45) is 1.77. The molecule has 28 heavy (non-hydrogen) atoms. The van der Waals surface area contributed by atoms with E-state index in [1.54, 1.807) is 25.1 Å². The van der Waals surface area contributed by atoms with Gasteiger partial charge in [0, 0.05) is 24.3 Å². The quantitative estimate of drug-likeness (QED) is 0.776. The summed E-state index contributed by atoms with van der Waals surface area (Å²) in [4.78, 5) is 26.0. The van der Waals surface area contributed by atoms with Gasteiger partial charge in [-0.1, -0.05) is 18.2 Å². The van der Waals surface area contributed by atoms with Crippen molar-refractivity contribution in [1.82, 2.24) is 4.90 Å². The minimum absolute atomic E-state index is 0.0143. The number of benzene rings is 2. The number of amides is 1. The van der Waals surface area contributed by atoms with Crippen LogP contribution in [0.4, 0.5) is 10.1 Å². The fourth-order valence-electron chi connectivity index (χ4n) is 3.54. The van der Waals surface area contributed by atoms with Crippen LogP contribution >= 0.6 is 0 Å². The molecule has 0 spiro atoms.